The van der Waals surface area contributed by atoms with Gasteiger partial charge in [-0.2, -0.15) is 0 Å². The van der Waals surface area contributed by atoms with Crippen molar-refractivity contribution < 1.29 is 0 Å². The van der Waals surface area contributed by atoms with E-state index in [2.05, 4.69) is 29.8 Å². The minimum Gasteiger partial charge on any atom is -0.384 e. The molecule has 1 fully saturated rings. The van der Waals surface area contributed by atoms with Gasteiger partial charge in [0.15, 0.2) is 0 Å². The molecule has 17 heavy (non-hydrogen) atoms. The quantitative estimate of drug-likeness (QED) is 0.593. The zero-order chi connectivity index (χ0) is 12.4. The lowest BCUT2D eigenvalue weighted by molar-refractivity contribution is 0.275. The summed E-state index contributed by atoms with van der Waals surface area (Å²) in [6.45, 7) is 5.30. The molecule has 0 radical (unpaired) electrons. The topological polar surface area (TPSA) is 56.4 Å². The van der Waals surface area contributed by atoms with E-state index in [4.69, 9.17) is 11.1 Å². The Balaban J connectivity index is 2.30. The van der Waals surface area contributed by atoms with Gasteiger partial charge in [-0.05, 0) is 26.1 Å². The number of nitrogens with zero attached hydrogens (tertiary/aromatic N) is 2. The summed E-state index contributed by atoms with van der Waals surface area (Å²) < 4.78 is 0. The molecular weight excluding hydrogens is 212 g/mol. The van der Waals surface area contributed by atoms with Gasteiger partial charge in [-0.25, -0.2) is 0 Å². The van der Waals surface area contributed by atoms with E-state index in [1.807, 2.05) is 18.2 Å². The van der Waals surface area contributed by atoms with Crippen LogP contribution in [0.2, 0.25) is 0 Å². The largest absolute Gasteiger partial charge is 0.384 e. The number of piperazine rings is 1. The summed E-state index contributed by atoms with van der Waals surface area (Å²) >= 11 is 0. The lowest BCUT2D eigenvalue weighted by Gasteiger charge is -2.40. The molecule has 4 nitrogen and oxygen atoms in total. The number of amidine groups is 1. The highest BCUT2D eigenvalue weighted by Crippen LogP contribution is 2.24. The normalized spacial score (nSPS) is 21.5. The predicted molar refractivity (Wildman–Crippen MR) is 71.8 cm³/mol. The maximum atomic E-state index is 7.64. The predicted octanol–water partition coefficient (Wildman–Crippen LogP) is 1.11. The number of anilines is 1. The molecule has 4 heteroatoms. The molecule has 1 aromatic carbocycles. The van der Waals surface area contributed by atoms with E-state index in [9.17, 15) is 0 Å². The van der Waals surface area contributed by atoms with Crippen molar-refractivity contribution in [2.45, 2.75) is 13.0 Å². The number of rotatable bonds is 2. The lowest BCUT2D eigenvalue weighted by atomic mass is 10.1. The first-order valence-corrected chi connectivity index (χ1v) is 5.98. The molecule has 0 spiro atoms. The standard InChI is InChI=1S/C13H20N4/c1-10-9-16(2)7-8-17(10)12-6-4-3-5-11(12)13(14)15/h3-6,10H,7-9H2,1-2H3,(H3,14,15). The molecule has 0 amide bonds. The van der Waals surface area contributed by atoms with Crippen molar-refractivity contribution in [2.24, 2.45) is 5.73 Å². The van der Waals surface area contributed by atoms with Gasteiger partial charge in [0.1, 0.15) is 5.84 Å². The average Bonchev–Trinajstić information content (AvgIpc) is 2.29. The van der Waals surface area contributed by atoms with Gasteiger partial charge in [0, 0.05) is 36.9 Å². The van der Waals surface area contributed by atoms with Crippen LogP contribution in [0.15, 0.2) is 24.3 Å². The second-order valence-electron chi connectivity index (χ2n) is 4.74. The summed E-state index contributed by atoms with van der Waals surface area (Å²) in [6.07, 6.45) is 0. The van der Waals surface area contributed by atoms with Gasteiger partial charge in [0.25, 0.3) is 0 Å². The molecule has 1 unspecified atom stereocenters. The Morgan fingerprint density at radius 3 is 2.71 bits per heavy atom. The molecule has 1 atom stereocenters. The smallest absolute Gasteiger partial charge is 0.124 e. The zero-order valence-corrected chi connectivity index (χ0v) is 10.5. The maximum Gasteiger partial charge on any atom is 0.124 e. The third-order valence-corrected chi connectivity index (χ3v) is 3.33. The van der Waals surface area contributed by atoms with Gasteiger partial charge in [-0.3, -0.25) is 5.41 Å². The molecular formula is C13H20N4. The number of para-hydroxylation sites is 1. The van der Waals surface area contributed by atoms with Crippen molar-refractivity contribution in [3.05, 3.63) is 29.8 Å². The fourth-order valence-corrected chi connectivity index (χ4v) is 2.45. The second kappa shape index (κ2) is 4.75. The minimum atomic E-state index is 0.145. The number of hydrogen-bond acceptors (Lipinski definition) is 3. The molecule has 92 valence electrons. The number of nitrogen functional groups attached to an aromatic ring is 1. The summed E-state index contributed by atoms with van der Waals surface area (Å²) in [5.41, 5.74) is 7.56. The van der Waals surface area contributed by atoms with Crippen molar-refractivity contribution in [3.8, 4) is 0 Å². The van der Waals surface area contributed by atoms with Crippen LogP contribution in [-0.4, -0.2) is 43.5 Å². The molecule has 2 rings (SSSR count). The Morgan fingerprint density at radius 2 is 2.06 bits per heavy atom. The van der Waals surface area contributed by atoms with Crippen molar-refractivity contribution in [1.82, 2.24) is 4.90 Å². The van der Waals surface area contributed by atoms with Crippen molar-refractivity contribution in [2.75, 3.05) is 31.6 Å². The SMILES string of the molecule is CC1CN(C)CCN1c1ccccc1C(=N)N. The first-order valence-electron chi connectivity index (χ1n) is 5.98. The van der Waals surface area contributed by atoms with Crippen LogP contribution in [0.4, 0.5) is 5.69 Å². The van der Waals surface area contributed by atoms with Crippen molar-refractivity contribution >= 4 is 11.5 Å². The summed E-state index contributed by atoms with van der Waals surface area (Å²) in [6, 6.07) is 8.36. The summed E-state index contributed by atoms with van der Waals surface area (Å²) in [5, 5.41) is 7.64. The third-order valence-electron chi connectivity index (χ3n) is 3.33. The Hall–Kier alpha value is -1.55. The number of nitrogens with one attached hydrogen (secondary N) is 1. The van der Waals surface area contributed by atoms with Crippen LogP contribution >= 0.6 is 0 Å². The van der Waals surface area contributed by atoms with Crippen molar-refractivity contribution in [3.63, 3.8) is 0 Å². The summed E-state index contributed by atoms with van der Waals surface area (Å²) in [4.78, 5) is 4.67. The summed E-state index contributed by atoms with van der Waals surface area (Å²) in [7, 11) is 2.14. The Bertz CT molecular complexity index is 416. The second-order valence-corrected chi connectivity index (χ2v) is 4.74. The monoisotopic (exact) mass is 232 g/mol. The number of nitrogens with two attached hydrogens (primary N) is 1. The van der Waals surface area contributed by atoms with E-state index in [1.165, 1.54) is 0 Å². The van der Waals surface area contributed by atoms with Gasteiger partial charge < -0.3 is 15.5 Å². The van der Waals surface area contributed by atoms with Crippen LogP contribution in [-0.2, 0) is 0 Å². The number of benzene rings is 1. The fraction of sp³-hybridized carbons (Fsp3) is 0.462. The Morgan fingerprint density at radius 1 is 1.35 bits per heavy atom. The maximum absolute atomic E-state index is 7.64. The van der Waals surface area contributed by atoms with Gasteiger partial charge >= 0.3 is 0 Å². The summed E-state index contributed by atoms with van der Waals surface area (Å²) in [5.74, 6) is 0.145. The molecule has 0 bridgehead atoms. The van der Waals surface area contributed by atoms with Crippen LogP contribution < -0.4 is 10.6 Å². The van der Waals surface area contributed by atoms with Gasteiger partial charge in [0.2, 0.25) is 0 Å². The number of hydrogen-bond donors (Lipinski definition) is 2. The molecule has 1 saturated heterocycles. The van der Waals surface area contributed by atoms with E-state index >= 15 is 0 Å². The van der Waals surface area contributed by atoms with Crippen LogP contribution in [0.3, 0.4) is 0 Å². The van der Waals surface area contributed by atoms with Crippen LogP contribution in [0.5, 0.6) is 0 Å². The third kappa shape index (κ3) is 2.42. The van der Waals surface area contributed by atoms with E-state index in [1.54, 1.807) is 0 Å². The molecule has 1 aromatic rings. The lowest BCUT2D eigenvalue weighted by Crippen LogP contribution is -2.51. The van der Waals surface area contributed by atoms with E-state index in [0.717, 1.165) is 30.9 Å². The molecule has 0 saturated carbocycles. The minimum absolute atomic E-state index is 0.145. The molecule has 1 aliphatic heterocycles. The highest BCUT2D eigenvalue weighted by molar-refractivity contribution is 6.00. The van der Waals surface area contributed by atoms with Crippen LogP contribution in [0, 0.1) is 5.41 Å². The Labute approximate surface area is 103 Å². The molecule has 1 aliphatic rings. The molecule has 3 N–H and O–H groups in total. The zero-order valence-electron chi connectivity index (χ0n) is 10.5. The average molecular weight is 232 g/mol. The molecule has 1 heterocycles. The highest BCUT2D eigenvalue weighted by atomic mass is 15.3. The van der Waals surface area contributed by atoms with E-state index in [-0.39, 0.29) is 5.84 Å². The fourth-order valence-electron chi connectivity index (χ4n) is 2.45. The van der Waals surface area contributed by atoms with Crippen LogP contribution in [0.1, 0.15) is 12.5 Å². The van der Waals surface area contributed by atoms with Gasteiger partial charge in [0.05, 0.1) is 0 Å². The van der Waals surface area contributed by atoms with Crippen LogP contribution in [0.25, 0.3) is 0 Å². The number of likely N-dealkylation sites (N-methyl/N-ethyl adjacent to an activating group) is 1. The first kappa shape index (κ1) is 11.9. The Kier molecular flexibility index (Phi) is 3.33. The highest BCUT2D eigenvalue weighted by Gasteiger charge is 2.23. The first-order chi connectivity index (χ1) is 8.09. The van der Waals surface area contributed by atoms with E-state index in [0.29, 0.717) is 6.04 Å². The van der Waals surface area contributed by atoms with Gasteiger partial charge in [-0.1, -0.05) is 12.1 Å². The van der Waals surface area contributed by atoms with E-state index < -0.39 is 0 Å². The molecule has 0 aromatic heterocycles. The van der Waals surface area contributed by atoms with Gasteiger partial charge in [-0.15, -0.1) is 0 Å². The van der Waals surface area contributed by atoms with Crippen molar-refractivity contribution in [1.29, 1.82) is 5.41 Å². The molecule has 0 aliphatic carbocycles.